The van der Waals surface area contributed by atoms with E-state index in [4.69, 9.17) is 16.3 Å². The van der Waals surface area contributed by atoms with Crippen molar-refractivity contribution in [2.75, 3.05) is 19.1 Å². The van der Waals surface area contributed by atoms with Crippen LogP contribution in [0.2, 0.25) is 5.02 Å². The maximum Gasteiger partial charge on any atom is 0.419 e. The second-order valence-corrected chi connectivity index (χ2v) is 7.86. The van der Waals surface area contributed by atoms with E-state index in [1.54, 1.807) is 12.1 Å². The van der Waals surface area contributed by atoms with E-state index in [-0.39, 0.29) is 17.6 Å². The number of nitrogens with zero attached hydrogens (tertiary/aromatic N) is 4. The summed E-state index contributed by atoms with van der Waals surface area (Å²) in [5.74, 6) is -0.323. The molecule has 4 heterocycles. The van der Waals surface area contributed by atoms with Crippen molar-refractivity contribution < 1.29 is 22.7 Å². The van der Waals surface area contributed by atoms with Gasteiger partial charge in [0, 0.05) is 24.7 Å². The molecule has 0 saturated heterocycles. The second-order valence-electron chi connectivity index (χ2n) is 7.45. The fraction of sp³-hybridized carbons (Fsp3) is 0.182. The SMILES string of the molecule is COc1ncc2nccc(-c3cc4c(n3Nc3cccc(Cl)c3C(F)(F)F)CCNC4=O)c2n1. The Balaban J connectivity index is 1.76. The van der Waals surface area contributed by atoms with Crippen LogP contribution in [0.15, 0.2) is 42.7 Å². The number of benzene rings is 1. The Morgan fingerprint density at radius 3 is 2.79 bits per heavy atom. The maximum absolute atomic E-state index is 13.8. The fourth-order valence-corrected chi connectivity index (χ4v) is 4.24. The van der Waals surface area contributed by atoms with E-state index in [0.717, 1.165) is 0 Å². The second kappa shape index (κ2) is 8.17. The first-order valence-corrected chi connectivity index (χ1v) is 10.5. The average Bonchev–Trinajstić information content (AvgIpc) is 3.17. The lowest BCUT2D eigenvalue weighted by Gasteiger charge is -2.22. The Kier molecular flexibility index (Phi) is 5.28. The van der Waals surface area contributed by atoms with Gasteiger partial charge in [-0.15, -0.1) is 0 Å². The van der Waals surface area contributed by atoms with Crippen molar-refractivity contribution >= 4 is 34.2 Å². The summed E-state index contributed by atoms with van der Waals surface area (Å²) in [6, 6.07) is 7.25. The van der Waals surface area contributed by atoms with Gasteiger partial charge in [-0.2, -0.15) is 18.2 Å². The summed E-state index contributed by atoms with van der Waals surface area (Å²) in [5.41, 5.74) is 4.26. The molecule has 8 nitrogen and oxygen atoms in total. The summed E-state index contributed by atoms with van der Waals surface area (Å²) < 4.78 is 48.0. The molecule has 0 aliphatic carbocycles. The van der Waals surface area contributed by atoms with Gasteiger partial charge in [0.15, 0.2) is 0 Å². The molecular weight excluding hydrogens is 473 g/mol. The standard InChI is InChI=1S/C22H16ClF3N6O2/c1-34-21-29-10-15-19(30-21)11(5-7-27-15)17-9-12-16(6-8-28-20(12)33)32(17)31-14-4-2-3-13(23)18(14)22(24,25)26/h2-5,7,9-10,31H,6,8H2,1H3,(H,28,33). The van der Waals surface area contributed by atoms with Crippen LogP contribution in [0.4, 0.5) is 18.9 Å². The number of hydrogen-bond acceptors (Lipinski definition) is 6. The third-order valence-corrected chi connectivity index (χ3v) is 5.75. The van der Waals surface area contributed by atoms with Gasteiger partial charge in [0.2, 0.25) is 0 Å². The molecule has 0 unspecified atom stereocenters. The number of carbonyl (C=O) groups is 1. The monoisotopic (exact) mass is 488 g/mol. The normalized spacial score (nSPS) is 13.5. The van der Waals surface area contributed by atoms with Crippen LogP contribution in [0.25, 0.3) is 22.3 Å². The lowest BCUT2D eigenvalue weighted by atomic mass is 10.1. The molecule has 12 heteroatoms. The molecule has 0 atom stereocenters. The number of methoxy groups -OCH3 is 1. The highest BCUT2D eigenvalue weighted by molar-refractivity contribution is 6.31. The van der Waals surface area contributed by atoms with Crippen molar-refractivity contribution in [3.8, 4) is 17.3 Å². The highest BCUT2D eigenvalue weighted by atomic mass is 35.5. The number of pyridine rings is 1. The molecule has 0 spiro atoms. The minimum atomic E-state index is -4.70. The molecule has 0 bridgehead atoms. The van der Waals surface area contributed by atoms with Gasteiger partial charge >= 0.3 is 12.2 Å². The van der Waals surface area contributed by atoms with Crippen molar-refractivity contribution in [2.24, 2.45) is 0 Å². The first-order chi connectivity index (χ1) is 16.3. The molecule has 0 fully saturated rings. The zero-order valence-electron chi connectivity index (χ0n) is 17.6. The predicted molar refractivity (Wildman–Crippen MR) is 119 cm³/mol. The Morgan fingerprint density at radius 2 is 2.03 bits per heavy atom. The number of nitrogens with one attached hydrogen (secondary N) is 2. The topological polar surface area (TPSA) is 94.0 Å². The van der Waals surface area contributed by atoms with Gasteiger partial charge in [0.25, 0.3) is 5.91 Å². The van der Waals surface area contributed by atoms with Crippen LogP contribution in [0, 0.1) is 0 Å². The molecule has 1 aliphatic rings. The van der Waals surface area contributed by atoms with Crippen LogP contribution >= 0.6 is 11.6 Å². The van der Waals surface area contributed by atoms with Gasteiger partial charge in [-0.25, -0.2) is 4.98 Å². The van der Waals surface area contributed by atoms with Gasteiger partial charge in [0.05, 0.1) is 46.5 Å². The fourth-order valence-electron chi connectivity index (χ4n) is 3.96. The van der Waals surface area contributed by atoms with E-state index in [0.29, 0.717) is 46.5 Å². The van der Waals surface area contributed by atoms with E-state index >= 15 is 0 Å². The molecule has 1 aromatic carbocycles. The Bertz CT molecular complexity index is 1440. The summed E-state index contributed by atoms with van der Waals surface area (Å²) in [4.78, 5) is 25.3. The minimum absolute atomic E-state index is 0.101. The molecule has 0 radical (unpaired) electrons. The number of alkyl halides is 3. The first kappa shape index (κ1) is 22.0. The predicted octanol–water partition coefficient (Wildman–Crippen LogP) is 4.34. The molecule has 174 valence electrons. The Labute approximate surface area is 195 Å². The zero-order valence-corrected chi connectivity index (χ0v) is 18.3. The highest BCUT2D eigenvalue weighted by Crippen LogP contribution is 2.41. The molecule has 1 aliphatic heterocycles. The smallest absolute Gasteiger partial charge is 0.419 e. The number of fused-ring (bicyclic) bond motifs is 2. The Hall–Kier alpha value is -3.86. The van der Waals surface area contributed by atoms with Crippen LogP contribution in [-0.4, -0.2) is 39.2 Å². The van der Waals surface area contributed by atoms with Crippen LogP contribution in [0.1, 0.15) is 21.6 Å². The molecule has 1 amide bonds. The van der Waals surface area contributed by atoms with Gasteiger partial charge in [-0.3, -0.25) is 19.9 Å². The van der Waals surface area contributed by atoms with E-state index < -0.39 is 16.8 Å². The van der Waals surface area contributed by atoms with Crippen LogP contribution < -0.4 is 15.5 Å². The first-order valence-electron chi connectivity index (χ1n) is 10.1. The zero-order chi connectivity index (χ0) is 24.0. The lowest BCUT2D eigenvalue weighted by molar-refractivity contribution is -0.136. The van der Waals surface area contributed by atoms with Crippen molar-refractivity contribution in [1.29, 1.82) is 0 Å². The van der Waals surface area contributed by atoms with Gasteiger partial charge < -0.3 is 10.1 Å². The van der Waals surface area contributed by atoms with Crippen LogP contribution in [0.3, 0.4) is 0 Å². The number of ether oxygens (including phenoxy) is 1. The maximum atomic E-state index is 13.8. The number of rotatable bonds is 4. The molecule has 0 saturated carbocycles. The highest BCUT2D eigenvalue weighted by Gasteiger charge is 2.37. The van der Waals surface area contributed by atoms with Crippen molar-refractivity contribution in [2.45, 2.75) is 12.6 Å². The minimum Gasteiger partial charge on any atom is -0.467 e. The third-order valence-electron chi connectivity index (χ3n) is 5.44. The Morgan fingerprint density at radius 1 is 1.21 bits per heavy atom. The molecule has 34 heavy (non-hydrogen) atoms. The number of halogens is 4. The lowest BCUT2D eigenvalue weighted by Crippen LogP contribution is -2.33. The summed E-state index contributed by atoms with van der Waals surface area (Å²) in [6.07, 6.45) is -1.28. The number of carbonyl (C=O) groups excluding carboxylic acids is 1. The number of amides is 1. The molecular formula is C22H16ClF3N6O2. The van der Waals surface area contributed by atoms with Crippen molar-refractivity contribution in [3.05, 3.63) is 64.6 Å². The summed E-state index contributed by atoms with van der Waals surface area (Å²) in [6.45, 7) is 0.339. The summed E-state index contributed by atoms with van der Waals surface area (Å²) in [5, 5.41) is 2.31. The van der Waals surface area contributed by atoms with E-state index in [1.807, 2.05) is 0 Å². The number of aromatic nitrogens is 4. The summed E-state index contributed by atoms with van der Waals surface area (Å²) in [7, 11) is 1.42. The average molecular weight is 489 g/mol. The van der Waals surface area contributed by atoms with E-state index in [2.05, 4.69) is 25.7 Å². The summed E-state index contributed by atoms with van der Waals surface area (Å²) >= 11 is 5.92. The van der Waals surface area contributed by atoms with Crippen molar-refractivity contribution in [3.63, 3.8) is 0 Å². The molecule has 5 rings (SSSR count). The largest absolute Gasteiger partial charge is 0.467 e. The van der Waals surface area contributed by atoms with Gasteiger partial charge in [-0.05, 0) is 24.3 Å². The van der Waals surface area contributed by atoms with E-state index in [1.165, 1.54) is 42.4 Å². The third kappa shape index (κ3) is 3.67. The number of anilines is 1. The van der Waals surface area contributed by atoms with Gasteiger partial charge in [0.1, 0.15) is 11.0 Å². The van der Waals surface area contributed by atoms with Crippen LogP contribution in [-0.2, 0) is 12.6 Å². The number of hydrogen-bond donors (Lipinski definition) is 2. The molecule has 3 aromatic heterocycles. The van der Waals surface area contributed by atoms with Crippen molar-refractivity contribution in [1.82, 2.24) is 24.9 Å². The molecule has 2 N–H and O–H groups in total. The quantitative estimate of drug-likeness (QED) is 0.444. The van der Waals surface area contributed by atoms with Gasteiger partial charge in [-0.1, -0.05) is 17.7 Å². The van der Waals surface area contributed by atoms with E-state index in [9.17, 15) is 18.0 Å². The van der Waals surface area contributed by atoms with Crippen LogP contribution in [0.5, 0.6) is 6.01 Å². The molecule has 4 aromatic rings.